The summed E-state index contributed by atoms with van der Waals surface area (Å²) < 4.78 is 27.5. The number of rotatable bonds is 6. The smallest absolute Gasteiger partial charge is 0.254 e. The molecule has 2 fully saturated rings. The molecule has 0 saturated carbocycles. The van der Waals surface area contributed by atoms with Crippen molar-refractivity contribution in [1.29, 1.82) is 0 Å². The van der Waals surface area contributed by atoms with Gasteiger partial charge in [0, 0.05) is 42.3 Å². The Morgan fingerprint density at radius 2 is 1.66 bits per heavy atom. The Bertz CT molecular complexity index is 1100. The standard InChI is InChI=1S/C23H29N3O4S2/c1-17-19(23(28)25-12-5-6-13-25)8-7-9-20(17)24-21(27)16-18-10-11-22(31-18)32(29,30)26-14-3-2-4-15-26/h7-11H,2-6,12-16H2,1H3,(H,24,27). The Hall–Kier alpha value is -2.23. The lowest BCUT2D eigenvalue weighted by Crippen LogP contribution is -2.35. The predicted molar refractivity (Wildman–Crippen MR) is 126 cm³/mol. The summed E-state index contributed by atoms with van der Waals surface area (Å²) in [6.45, 7) is 4.50. The third kappa shape index (κ3) is 4.89. The molecule has 3 heterocycles. The molecule has 4 rings (SSSR count). The van der Waals surface area contributed by atoms with Crippen LogP contribution in [-0.2, 0) is 21.2 Å². The lowest BCUT2D eigenvalue weighted by atomic mass is 10.1. The van der Waals surface area contributed by atoms with Crippen molar-refractivity contribution in [2.45, 2.75) is 49.7 Å². The number of sulfonamides is 1. The minimum Gasteiger partial charge on any atom is -0.339 e. The molecule has 0 unspecified atom stereocenters. The highest BCUT2D eigenvalue weighted by Crippen LogP contribution is 2.28. The van der Waals surface area contributed by atoms with Gasteiger partial charge in [0.05, 0.1) is 6.42 Å². The van der Waals surface area contributed by atoms with Crippen LogP contribution in [0.1, 0.15) is 52.9 Å². The Morgan fingerprint density at radius 1 is 0.969 bits per heavy atom. The van der Waals surface area contributed by atoms with Crippen LogP contribution < -0.4 is 5.32 Å². The van der Waals surface area contributed by atoms with Crippen LogP contribution in [0.15, 0.2) is 34.5 Å². The number of benzene rings is 1. The predicted octanol–water partition coefficient (Wildman–Crippen LogP) is 3.65. The molecule has 32 heavy (non-hydrogen) atoms. The summed E-state index contributed by atoms with van der Waals surface area (Å²) >= 11 is 1.15. The fourth-order valence-electron chi connectivity index (χ4n) is 4.27. The van der Waals surface area contributed by atoms with Crippen molar-refractivity contribution in [2.75, 3.05) is 31.5 Å². The molecule has 2 saturated heterocycles. The van der Waals surface area contributed by atoms with E-state index in [4.69, 9.17) is 0 Å². The summed E-state index contributed by atoms with van der Waals surface area (Å²) in [5.41, 5.74) is 1.96. The number of hydrogen-bond donors (Lipinski definition) is 1. The van der Waals surface area contributed by atoms with Crippen molar-refractivity contribution >= 4 is 38.9 Å². The number of likely N-dealkylation sites (tertiary alicyclic amines) is 1. The number of nitrogens with one attached hydrogen (secondary N) is 1. The van der Waals surface area contributed by atoms with Gasteiger partial charge >= 0.3 is 0 Å². The molecule has 0 radical (unpaired) electrons. The van der Waals surface area contributed by atoms with Crippen LogP contribution in [0.2, 0.25) is 0 Å². The second-order valence-electron chi connectivity index (χ2n) is 8.39. The molecule has 7 nitrogen and oxygen atoms in total. The molecule has 2 amide bonds. The van der Waals surface area contributed by atoms with Gasteiger partial charge in [-0.3, -0.25) is 9.59 Å². The molecule has 0 bridgehead atoms. The SMILES string of the molecule is Cc1c(NC(=O)Cc2ccc(S(=O)(=O)N3CCCCC3)s2)cccc1C(=O)N1CCCC1. The monoisotopic (exact) mass is 475 g/mol. The topological polar surface area (TPSA) is 86.8 Å². The van der Waals surface area contributed by atoms with Gasteiger partial charge < -0.3 is 10.2 Å². The first-order valence-corrected chi connectivity index (χ1v) is 13.4. The van der Waals surface area contributed by atoms with E-state index in [0.29, 0.717) is 29.2 Å². The van der Waals surface area contributed by atoms with Crippen LogP contribution in [0.25, 0.3) is 0 Å². The largest absolute Gasteiger partial charge is 0.339 e. The van der Waals surface area contributed by atoms with Gasteiger partial charge in [0.25, 0.3) is 15.9 Å². The molecular formula is C23H29N3O4S2. The molecule has 2 aliphatic heterocycles. The normalized spacial score (nSPS) is 17.5. The average molecular weight is 476 g/mol. The van der Waals surface area contributed by atoms with E-state index in [1.54, 1.807) is 34.6 Å². The van der Waals surface area contributed by atoms with Gasteiger partial charge in [-0.25, -0.2) is 8.42 Å². The van der Waals surface area contributed by atoms with E-state index >= 15 is 0 Å². The van der Waals surface area contributed by atoms with E-state index in [0.717, 1.165) is 62.1 Å². The zero-order chi connectivity index (χ0) is 22.7. The molecular weight excluding hydrogens is 446 g/mol. The van der Waals surface area contributed by atoms with Crippen LogP contribution >= 0.6 is 11.3 Å². The first-order chi connectivity index (χ1) is 15.4. The summed E-state index contributed by atoms with van der Waals surface area (Å²) in [6, 6.07) is 8.66. The van der Waals surface area contributed by atoms with Gasteiger partial charge in [0.1, 0.15) is 4.21 Å². The number of amides is 2. The summed E-state index contributed by atoms with van der Waals surface area (Å²) in [7, 11) is -3.49. The van der Waals surface area contributed by atoms with Crippen molar-refractivity contribution in [2.24, 2.45) is 0 Å². The highest BCUT2D eigenvalue weighted by Gasteiger charge is 2.27. The zero-order valence-electron chi connectivity index (χ0n) is 18.3. The first-order valence-electron chi connectivity index (χ1n) is 11.1. The minimum absolute atomic E-state index is 0.00177. The third-order valence-corrected chi connectivity index (χ3v) is 9.56. The maximum atomic E-state index is 12.8. The lowest BCUT2D eigenvalue weighted by Gasteiger charge is -2.25. The van der Waals surface area contributed by atoms with Gasteiger partial charge in [-0.1, -0.05) is 12.5 Å². The Labute approximate surface area is 193 Å². The number of carbonyl (C=O) groups excluding carboxylic acids is 2. The quantitative estimate of drug-likeness (QED) is 0.691. The number of nitrogens with zero attached hydrogens (tertiary/aromatic N) is 2. The Kier molecular flexibility index (Phi) is 6.97. The van der Waals surface area contributed by atoms with Crippen LogP contribution in [0.3, 0.4) is 0 Å². The number of hydrogen-bond acceptors (Lipinski definition) is 5. The van der Waals surface area contributed by atoms with Crippen molar-refractivity contribution in [3.63, 3.8) is 0 Å². The second-order valence-corrected chi connectivity index (χ2v) is 11.7. The van der Waals surface area contributed by atoms with Crippen LogP contribution in [-0.4, -0.2) is 55.6 Å². The average Bonchev–Trinajstić information content (AvgIpc) is 3.48. The van der Waals surface area contributed by atoms with Gasteiger partial charge in [0.2, 0.25) is 5.91 Å². The maximum absolute atomic E-state index is 12.8. The summed E-state index contributed by atoms with van der Waals surface area (Å²) in [5, 5.41) is 2.89. The third-order valence-electron chi connectivity index (χ3n) is 6.11. The lowest BCUT2D eigenvalue weighted by molar-refractivity contribution is -0.115. The molecule has 2 aromatic rings. The maximum Gasteiger partial charge on any atom is 0.254 e. The number of anilines is 1. The Morgan fingerprint density at radius 3 is 2.38 bits per heavy atom. The van der Waals surface area contributed by atoms with Crippen molar-refractivity contribution < 1.29 is 18.0 Å². The van der Waals surface area contributed by atoms with E-state index in [9.17, 15) is 18.0 Å². The van der Waals surface area contributed by atoms with Crippen LogP contribution in [0.5, 0.6) is 0 Å². The first kappa shape index (κ1) is 22.9. The molecule has 1 aromatic carbocycles. The zero-order valence-corrected chi connectivity index (χ0v) is 19.9. The highest BCUT2D eigenvalue weighted by molar-refractivity contribution is 7.91. The molecule has 172 valence electrons. The van der Waals surface area contributed by atoms with Gasteiger partial charge in [-0.2, -0.15) is 4.31 Å². The van der Waals surface area contributed by atoms with E-state index in [1.807, 2.05) is 11.8 Å². The fraction of sp³-hybridized carbons (Fsp3) is 0.478. The number of carbonyl (C=O) groups is 2. The molecule has 0 spiro atoms. The van der Waals surface area contributed by atoms with Gasteiger partial charge in [0.15, 0.2) is 0 Å². The molecule has 2 aliphatic rings. The van der Waals surface area contributed by atoms with E-state index < -0.39 is 10.0 Å². The summed E-state index contributed by atoms with van der Waals surface area (Å²) in [5.74, 6) is -0.232. The fourth-order valence-corrected chi connectivity index (χ4v) is 7.30. The highest BCUT2D eigenvalue weighted by atomic mass is 32.2. The molecule has 1 N–H and O–H groups in total. The molecule has 9 heteroatoms. The summed E-state index contributed by atoms with van der Waals surface area (Å²) in [6.07, 6.45) is 4.97. The molecule has 0 atom stereocenters. The number of thiophene rings is 1. The molecule has 1 aromatic heterocycles. The van der Waals surface area contributed by atoms with E-state index in [2.05, 4.69) is 5.32 Å². The Balaban J connectivity index is 1.42. The number of piperidine rings is 1. The van der Waals surface area contributed by atoms with Gasteiger partial charge in [-0.15, -0.1) is 11.3 Å². The van der Waals surface area contributed by atoms with Crippen LogP contribution in [0, 0.1) is 6.92 Å². The van der Waals surface area contributed by atoms with E-state index in [1.165, 1.54) is 0 Å². The van der Waals surface area contributed by atoms with E-state index in [-0.39, 0.29) is 22.4 Å². The minimum atomic E-state index is -3.49. The van der Waals surface area contributed by atoms with Crippen molar-refractivity contribution in [1.82, 2.24) is 9.21 Å². The van der Waals surface area contributed by atoms with Crippen molar-refractivity contribution in [3.8, 4) is 0 Å². The summed E-state index contributed by atoms with van der Waals surface area (Å²) in [4.78, 5) is 28.0. The molecule has 0 aliphatic carbocycles. The second kappa shape index (κ2) is 9.72. The van der Waals surface area contributed by atoms with Gasteiger partial charge in [-0.05, 0) is 62.4 Å². The van der Waals surface area contributed by atoms with Crippen LogP contribution in [0.4, 0.5) is 5.69 Å². The van der Waals surface area contributed by atoms with Crippen molar-refractivity contribution in [3.05, 3.63) is 46.3 Å².